The lowest BCUT2D eigenvalue weighted by Crippen LogP contribution is -2.29. The van der Waals surface area contributed by atoms with Crippen LogP contribution in [0.1, 0.15) is 155 Å². The quantitative estimate of drug-likeness (QED) is 0.0266. The standard InChI is InChI=1S/C53H84NO8P/c1-3-5-7-9-11-13-15-17-19-20-21-22-23-24-25-26-27-28-29-30-32-34-36-38-40-42-44-46-53(56)62-51(50-61-63(57,58)60-48-47-54)49-59-52(55)45-43-41-39-37-35-33-31-18-16-14-12-10-8-6-4-2/h5-8,11-14,17-19,21-22,24-25,27-28,30-32,35,37,51H,3-4,9-10,15-16,20,23,26,29,33-34,36,38-50,54H2,1-2H3,(H,57,58)/b7-5-,8-6-,13-11-,14-12-,19-17-,22-21-,25-24-,28-27-,31-18-,32-30-,37-35-. The molecule has 0 aromatic rings. The molecule has 0 heterocycles. The zero-order valence-corrected chi connectivity index (χ0v) is 39.9. The summed E-state index contributed by atoms with van der Waals surface area (Å²) < 4.78 is 32.8. The number of ether oxygens (including phenoxy) is 2. The number of esters is 2. The van der Waals surface area contributed by atoms with Gasteiger partial charge in [-0.25, -0.2) is 4.57 Å². The largest absolute Gasteiger partial charge is 0.472 e. The van der Waals surface area contributed by atoms with Crippen LogP contribution >= 0.6 is 7.82 Å². The van der Waals surface area contributed by atoms with Crippen molar-refractivity contribution in [3.05, 3.63) is 134 Å². The van der Waals surface area contributed by atoms with Crippen molar-refractivity contribution < 1.29 is 37.6 Å². The van der Waals surface area contributed by atoms with E-state index < -0.39 is 32.5 Å². The van der Waals surface area contributed by atoms with Crippen molar-refractivity contribution in [3.8, 4) is 0 Å². The van der Waals surface area contributed by atoms with Crippen LogP contribution in [0.15, 0.2) is 134 Å². The maximum absolute atomic E-state index is 12.6. The van der Waals surface area contributed by atoms with Crippen LogP contribution in [-0.4, -0.2) is 49.3 Å². The highest BCUT2D eigenvalue weighted by molar-refractivity contribution is 7.47. The molecule has 63 heavy (non-hydrogen) atoms. The molecule has 0 radical (unpaired) electrons. The molecule has 0 rings (SSSR count). The lowest BCUT2D eigenvalue weighted by Gasteiger charge is -2.19. The lowest BCUT2D eigenvalue weighted by atomic mass is 10.1. The van der Waals surface area contributed by atoms with E-state index in [1.165, 1.54) is 0 Å². The van der Waals surface area contributed by atoms with E-state index in [1.54, 1.807) is 0 Å². The van der Waals surface area contributed by atoms with Crippen molar-refractivity contribution in [2.75, 3.05) is 26.4 Å². The number of carbonyl (C=O) groups is 2. The molecule has 0 fully saturated rings. The number of nitrogens with two attached hydrogens (primary N) is 1. The zero-order chi connectivity index (χ0) is 46.0. The number of phosphoric ester groups is 1. The first-order valence-electron chi connectivity index (χ1n) is 23.7. The fourth-order valence-corrected chi connectivity index (χ4v) is 6.37. The third-order valence-corrected chi connectivity index (χ3v) is 10.0. The van der Waals surface area contributed by atoms with E-state index in [1.807, 2.05) is 0 Å². The predicted octanol–water partition coefficient (Wildman–Crippen LogP) is 14.3. The van der Waals surface area contributed by atoms with Crippen LogP contribution in [0.2, 0.25) is 0 Å². The predicted molar refractivity (Wildman–Crippen MR) is 265 cm³/mol. The second kappa shape index (κ2) is 47.6. The van der Waals surface area contributed by atoms with Gasteiger partial charge in [0.2, 0.25) is 0 Å². The van der Waals surface area contributed by atoms with Gasteiger partial charge in [0.25, 0.3) is 0 Å². The van der Waals surface area contributed by atoms with Gasteiger partial charge in [-0.2, -0.15) is 0 Å². The maximum Gasteiger partial charge on any atom is 0.472 e. The normalized spacial score (nSPS) is 14.4. The summed E-state index contributed by atoms with van der Waals surface area (Å²) in [5.74, 6) is -0.915. The Kier molecular flexibility index (Phi) is 44.7. The number of rotatable bonds is 42. The molecule has 0 aliphatic rings. The Balaban J connectivity index is 4.22. The van der Waals surface area contributed by atoms with Crippen LogP contribution in [0.25, 0.3) is 0 Å². The highest BCUT2D eigenvalue weighted by Crippen LogP contribution is 2.43. The van der Waals surface area contributed by atoms with Crippen molar-refractivity contribution in [2.24, 2.45) is 5.73 Å². The number of carbonyl (C=O) groups excluding carboxylic acids is 2. The number of hydrogen-bond donors (Lipinski definition) is 2. The molecule has 0 amide bonds. The fraction of sp³-hybridized carbons (Fsp3) is 0.547. The van der Waals surface area contributed by atoms with Gasteiger partial charge in [-0.05, 0) is 109 Å². The third kappa shape index (κ3) is 47.5. The minimum atomic E-state index is -4.41. The van der Waals surface area contributed by atoms with E-state index in [0.717, 1.165) is 116 Å². The molecule has 2 atom stereocenters. The van der Waals surface area contributed by atoms with E-state index >= 15 is 0 Å². The Morgan fingerprint density at radius 1 is 0.476 bits per heavy atom. The molecule has 10 heteroatoms. The molecule has 0 aromatic carbocycles. The Hall–Kier alpha value is -3.85. The Morgan fingerprint density at radius 2 is 0.825 bits per heavy atom. The molecule has 0 saturated carbocycles. The summed E-state index contributed by atoms with van der Waals surface area (Å²) in [6.45, 7) is 3.40. The van der Waals surface area contributed by atoms with Gasteiger partial charge in [-0.15, -0.1) is 0 Å². The van der Waals surface area contributed by atoms with Gasteiger partial charge in [0.1, 0.15) is 6.61 Å². The maximum atomic E-state index is 12.6. The lowest BCUT2D eigenvalue weighted by molar-refractivity contribution is -0.161. The van der Waals surface area contributed by atoms with E-state index in [2.05, 4.69) is 148 Å². The van der Waals surface area contributed by atoms with E-state index in [4.69, 9.17) is 24.3 Å². The fourth-order valence-electron chi connectivity index (χ4n) is 5.60. The first kappa shape index (κ1) is 59.1. The van der Waals surface area contributed by atoms with Crippen LogP contribution in [0.5, 0.6) is 0 Å². The average molecular weight is 894 g/mol. The smallest absolute Gasteiger partial charge is 0.462 e. The number of allylic oxidation sites excluding steroid dienone is 22. The zero-order valence-electron chi connectivity index (χ0n) is 39.0. The summed E-state index contributed by atoms with van der Waals surface area (Å²) in [4.78, 5) is 34.9. The average Bonchev–Trinajstić information content (AvgIpc) is 3.27. The number of phosphoric acid groups is 1. The van der Waals surface area contributed by atoms with E-state index in [0.29, 0.717) is 12.8 Å². The molecule has 0 aliphatic carbocycles. The molecular weight excluding hydrogens is 810 g/mol. The van der Waals surface area contributed by atoms with Crippen LogP contribution < -0.4 is 5.73 Å². The Morgan fingerprint density at radius 3 is 1.25 bits per heavy atom. The molecule has 9 nitrogen and oxygen atoms in total. The van der Waals surface area contributed by atoms with Gasteiger partial charge >= 0.3 is 19.8 Å². The molecule has 2 unspecified atom stereocenters. The molecule has 0 bridgehead atoms. The minimum Gasteiger partial charge on any atom is -0.462 e. The second-order valence-corrected chi connectivity index (χ2v) is 16.3. The van der Waals surface area contributed by atoms with Crippen molar-refractivity contribution in [3.63, 3.8) is 0 Å². The van der Waals surface area contributed by atoms with Crippen LogP contribution in [0, 0.1) is 0 Å². The third-order valence-electron chi connectivity index (χ3n) is 9.03. The van der Waals surface area contributed by atoms with Gasteiger partial charge in [-0.1, -0.05) is 167 Å². The molecule has 0 aliphatic heterocycles. The molecular formula is C53H84NO8P. The summed E-state index contributed by atoms with van der Waals surface area (Å²) in [6, 6.07) is 0. The molecule has 0 aromatic heterocycles. The first-order chi connectivity index (χ1) is 30.8. The van der Waals surface area contributed by atoms with Crippen LogP contribution in [-0.2, 0) is 32.7 Å². The second-order valence-electron chi connectivity index (χ2n) is 14.9. The SMILES string of the molecule is CC/C=C\C/C=C\C/C=C\C/C=C\C/C=C\C/C=C\C/C=C\CCCCCCCC(=O)OC(COC(=O)CCCC/C=C\C/C=C\C/C=C\C/C=C\CC)COP(=O)(O)OCCN. The van der Waals surface area contributed by atoms with E-state index in [-0.39, 0.29) is 32.6 Å². The molecule has 354 valence electrons. The van der Waals surface area contributed by atoms with Gasteiger partial charge < -0.3 is 20.1 Å². The number of hydrogen-bond acceptors (Lipinski definition) is 8. The summed E-state index contributed by atoms with van der Waals surface area (Å²) in [5.41, 5.74) is 5.35. The molecule has 0 saturated heterocycles. The van der Waals surface area contributed by atoms with Crippen molar-refractivity contribution in [2.45, 2.75) is 161 Å². The Labute approximate surface area is 383 Å². The summed E-state index contributed by atoms with van der Waals surface area (Å²) in [5, 5.41) is 0. The van der Waals surface area contributed by atoms with Crippen molar-refractivity contribution in [1.29, 1.82) is 0 Å². The molecule has 0 spiro atoms. The van der Waals surface area contributed by atoms with Crippen LogP contribution in [0.3, 0.4) is 0 Å². The molecule has 3 N–H and O–H groups in total. The van der Waals surface area contributed by atoms with Crippen molar-refractivity contribution >= 4 is 19.8 Å². The van der Waals surface area contributed by atoms with Crippen LogP contribution in [0.4, 0.5) is 0 Å². The van der Waals surface area contributed by atoms with Crippen molar-refractivity contribution in [1.82, 2.24) is 0 Å². The summed E-state index contributed by atoms with van der Waals surface area (Å²) >= 11 is 0. The number of unbranched alkanes of at least 4 members (excludes halogenated alkanes) is 7. The summed E-state index contributed by atoms with van der Waals surface area (Å²) in [7, 11) is -4.41. The minimum absolute atomic E-state index is 0.0357. The van der Waals surface area contributed by atoms with Gasteiger partial charge in [0.15, 0.2) is 6.10 Å². The highest BCUT2D eigenvalue weighted by Gasteiger charge is 2.26. The van der Waals surface area contributed by atoms with Gasteiger partial charge in [0.05, 0.1) is 13.2 Å². The van der Waals surface area contributed by atoms with E-state index in [9.17, 15) is 19.0 Å². The monoisotopic (exact) mass is 894 g/mol. The highest BCUT2D eigenvalue weighted by atomic mass is 31.2. The van der Waals surface area contributed by atoms with Gasteiger partial charge in [0, 0.05) is 19.4 Å². The first-order valence-corrected chi connectivity index (χ1v) is 25.2. The Bertz CT molecular complexity index is 1480. The van der Waals surface area contributed by atoms with Gasteiger partial charge in [-0.3, -0.25) is 18.6 Å². The summed E-state index contributed by atoms with van der Waals surface area (Å²) in [6.07, 6.45) is 66.3. The topological polar surface area (TPSA) is 134 Å².